The zero-order valence-corrected chi connectivity index (χ0v) is 8.77. The first-order chi connectivity index (χ1) is 6.77. The molecule has 14 heavy (non-hydrogen) atoms. The molecule has 3 nitrogen and oxygen atoms in total. The Hall–Kier alpha value is -1.20. The summed E-state index contributed by atoms with van der Waals surface area (Å²) in [4.78, 5) is 16.6. The van der Waals surface area contributed by atoms with Crippen LogP contribution in [0.25, 0.3) is 10.6 Å². The molecule has 0 amide bonds. The maximum Gasteiger partial charge on any atom is 0.308 e. The van der Waals surface area contributed by atoms with Gasteiger partial charge in [-0.2, -0.15) is 0 Å². The summed E-state index contributed by atoms with van der Waals surface area (Å²) in [5.41, 5.74) is 2.50. The van der Waals surface area contributed by atoms with Crippen molar-refractivity contribution in [1.82, 2.24) is 4.98 Å². The Balaban J connectivity index is 2.35. The van der Waals surface area contributed by atoms with Crippen molar-refractivity contribution in [3.05, 3.63) is 27.9 Å². The monoisotopic (exact) mass is 225 g/mol. The van der Waals surface area contributed by atoms with Crippen LogP contribution in [0, 0.1) is 0 Å². The molecule has 5 heteroatoms. The lowest BCUT2D eigenvalue weighted by molar-refractivity contribution is -0.136. The highest BCUT2D eigenvalue weighted by Crippen LogP contribution is 2.29. The Bertz CT molecular complexity index is 433. The van der Waals surface area contributed by atoms with Crippen LogP contribution in [-0.4, -0.2) is 16.1 Å². The molecule has 0 aliphatic rings. The number of hydrogen-bond donors (Lipinski definition) is 1. The standard InChI is InChI=1S/C9H7NO2S2/c11-8(12)4-7-9(10-5-14-7)6-2-1-3-13-6/h1-3,5H,4H2,(H,11,12). The second kappa shape index (κ2) is 3.89. The average Bonchev–Trinajstić information content (AvgIpc) is 2.70. The van der Waals surface area contributed by atoms with Gasteiger partial charge in [-0.1, -0.05) is 6.07 Å². The molecule has 0 spiro atoms. The Labute approximate surface area is 88.7 Å². The number of carbonyl (C=O) groups is 1. The molecule has 0 atom stereocenters. The van der Waals surface area contributed by atoms with Crippen molar-refractivity contribution < 1.29 is 9.90 Å². The fourth-order valence-electron chi connectivity index (χ4n) is 1.15. The smallest absolute Gasteiger partial charge is 0.308 e. The van der Waals surface area contributed by atoms with Gasteiger partial charge in [0.05, 0.1) is 22.5 Å². The molecule has 0 saturated heterocycles. The van der Waals surface area contributed by atoms with Crippen LogP contribution in [0.4, 0.5) is 0 Å². The minimum atomic E-state index is -0.813. The van der Waals surface area contributed by atoms with Gasteiger partial charge in [0, 0.05) is 4.88 Å². The molecule has 2 aromatic heterocycles. The minimum Gasteiger partial charge on any atom is -0.481 e. The summed E-state index contributed by atoms with van der Waals surface area (Å²) in [6.45, 7) is 0. The summed E-state index contributed by atoms with van der Waals surface area (Å²) >= 11 is 2.96. The second-order valence-electron chi connectivity index (χ2n) is 2.67. The molecule has 2 rings (SSSR count). The van der Waals surface area contributed by atoms with Crippen LogP contribution < -0.4 is 0 Å². The topological polar surface area (TPSA) is 50.2 Å². The van der Waals surface area contributed by atoms with Gasteiger partial charge in [-0.3, -0.25) is 4.79 Å². The van der Waals surface area contributed by atoms with E-state index in [1.807, 2.05) is 17.5 Å². The minimum absolute atomic E-state index is 0.0535. The fraction of sp³-hybridized carbons (Fsp3) is 0.111. The first kappa shape index (κ1) is 9.36. The normalized spacial score (nSPS) is 10.3. The van der Waals surface area contributed by atoms with Crippen molar-refractivity contribution in [1.29, 1.82) is 0 Å². The molecule has 0 fully saturated rings. The third-order valence-electron chi connectivity index (χ3n) is 1.71. The lowest BCUT2D eigenvalue weighted by Gasteiger charge is -1.95. The summed E-state index contributed by atoms with van der Waals surface area (Å²) in [5.74, 6) is -0.813. The number of hydrogen-bond acceptors (Lipinski definition) is 4. The van der Waals surface area contributed by atoms with E-state index >= 15 is 0 Å². The third kappa shape index (κ3) is 1.83. The number of nitrogens with zero attached hydrogens (tertiary/aromatic N) is 1. The predicted molar refractivity (Wildman–Crippen MR) is 56.8 cm³/mol. The SMILES string of the molecule is O=C(O)Cc1scnc1-c1cccs1. The highest BCUT2D eigenvalue weighted by Gasteiger charge is 2.12. The van der Waals surface area contributed by atoms with Crippen molar-refractivity contribution in [2.75, 3.05) is 0 Å². The number of carboxylic acids is 1. The largest absolute Gasteiger partial charge is 0.481 e. The van der Waals surface area contributed by atoms with Gasteiger partial charge in [0.25, 0.3) is 0 Å². The molecular weight excluding hydrogens is 218 g/mol. The van der Waals surface area contributed by atoms with Crippen molar-refractivity contribution in [2.45, 2.75) is 6.42 Å². The van der Waals surface area contributed by atoms with Crippen LogP contribution in [0.1, 0.15) is 4.88 Å². The number of rotatable bonds is 3. The van der Waals surface area contributed by atoms with Gasteiger partial charge >= 0.3 is 5.97 Å². The maximum atomic E-state index is 10.6. The molecule has 0 bridgehead atoms. The Morgan fingerprint density at radius 1 is 1.50 bits per heavy atom. The average molecular weight is 225 g/mol. The highest BCUT2D eigenvalue weighted by atomic mass is 32.1. The molecule has 0 saturated carbocycles. The number of aliphatic carboxylic acids is 1. The number of aromatic nitrogens is 1. The van der Waals surface area contributed by atoms with Crippen LogP contribution in [0.2, 0.25) is 0 Å². The van der Waals surface area contributed by atoms with Gasteiger partial charge in [-0.25, -0.2) is 4.98 Å². The lowest BCUT2D eigenvalue weighted by Crippen LogP contribution is -1.98. The molecule has 0 unspecified atom stereocenters. The molecule has 1 N–H and O–H groups in total. The molecule has 2 heterocycles. The van der Waals surface area contributed by atoms with Crippen LogP contribution in [-0.2, 0) is 11.2 Å². The van der Waals surface area contributed by atoms with E-state index in [1.54, 1.807) is 16.8 Å². The van der Waals surface area contributed by atoms with Crippen molar-refractivity contribution in [2.24, 2.45) is 0 Å². The van der Waals surface area contributed by atoms with Gasteiger partial charge < -0.3 is 5.11 Å². The van der Waals surface area contributed by atoms with Crippen molar-refractivity contribution in [3.63, 3.8) is 0 Å². The number of thiazole rings is 1. The summed E-state index contributed by atoms with van der Waals surface area (Å²) in [6, 6.07) is 3.88. The second-order valence-corrected chi connectivity index (χ2v) is 4.56. The quantitative estimate of drug-likeness (QED) is 0.873. The third-order valence-corrected chi connectivity index (χ3v) is 3.42. The zero-order chi connectivity index (χ0) is 9.97. The fourth-order valence-corrected chi connectivity index (χ4v) is 2.73. The molecular formula is C9H7NO2S2. The molecule has 0 aromatic carbocycles. The maximum absolute atomic E-state index is 10.6. The predicted octanol–water partition coefficient (Wildman–Crippen LogP) is 2.50. The van der Waals surface area contributed by atoms with E-state index in [0.717, 1.165) is 15.4 Å². The van der Waals surface area contributed by atoms with E-state index in [-0.39, 0.29) is 6.42 Å². The first-order valence-corrected chi connectivity index (χ1v) is 5.71. The van der Waals surface area contributed by atoms with Crippen LogP contribution in [0.5, 0.6) is 0 Å². The van der Waals surface area contributed by atoms with Crippen LogP contribution in [0.15, 0.2) is 23.0 Å². The van der Waals surface area contributed by atoms with Gasteiger partial charge in [0.1, 0.15) is 0 Å². The number of carboxylic acid groups (broad SMARTS) is 1. The Morgan fingerprint density at radius 2 is 2.36 bits per heavy atom. The van der Waals surface area contributed by atoms with Crippen LogP contribution >= 0.6 is 22.7 Å². The zero-order valence-electron chi connectivity index (χ0n) is 7.14. The van der Waals surface area contributed by atoms with E-state index in [1.165, 1.54) is 11.3 Å². The van der Waals surface area contributed by atoms with Gasteiger partial charge in [-0.05, 0) is 11.4 Å². The molecule has 0 aliphatic carbocycles. The van der Waals surface area contributed by atoms with E-state index in [2.05, 4.69) is 4.98 Å². The van der Waals surface area contributed by atoms with Crippen molar-refractivity contribution >= 4 is 28.6 Å². The van der Waals surface area contributed by atoms with Gasteiger partial charge in [0.2, 0.25) is 0 Å². The van der Waals surface area contributed by atoms with E-state index in [4.69, 9.17) is 5.11 Å². The van der Waals surface area contributed by atoms with E-state index < -0.39 is 5.97 Å². The van der Waals surface area contributed by atoms with Gasteiger partial charge in [-0.15, -0.1) is 22.7 Å². The number of thiophene rings is 1. The van der Waals surface area contributed by atoms with E-state index in [9.17, 15) is 4.79 Å². The van der Waals surface area contributed by atoms with Gasteiger partial charge in [0.15, 0.2) is 0 Å². The summed E-state index contributed by atoms with van der Waals surface area (Å²) in [7, 11) is 0. The summed E-state index contributed by atoms with van der Waals surface area (Å²) in [6.07, 6.45) is 0.0535. The Morgan fingerprint density at radius 3 is 3.00 bits per heavy atom. The van der Waals surface area contributed by atoms with E-state index in [0.29, 0.717) is 0 Å². The lowest BCUT2D eigenvalue weighted by atomic mass is 10.2. The first-order valence-electron chi connectivity index (χ1n) is 3.95. The van der Waals surface area contributed by atoms with Crippen LogP contribution in [0.3, 0.4) is 0 Å². The molecule has 2 aromatic rings. The highest BCUT2D eigenvalue weighted by molar-refractivity contribution is 7.14. The molecule has 72 valence electrons. The Kier molecular flexibility index (Phi) is 2.60. The van der Waals surface area contributed by atoms with Crippen molar-refractivity contribution in [3.8, 4) is 10.6 Å². The summed E-state index contributed by atoms with van der Waals surface area (Å²) in [5, 5.41) is 10.6. The molecule has 0 aliphatic heterocycles. The summed E-state index contributed by atoms with van der Waals surface area (Å²) < 4.78 is 0. The molecule has 0 radical (unpaired) electrons.